The van der Waals surface area contributed by atoms with Gasteiger partial charge in [0, 0.05) is 13.0 Å². The minimum absolute atomic E-state index is 0.223. The Morgan fingerprint density at radius 1 is 1.46 bits per heavy atom. The van der Waals surface area contributed by atoms with Gasteiger partial charge in [0.25, 0.3) is 10.1 Å². The van der Waals surface area contributed by atoms with E-state index in [2.05, 4.69) is 0 Å². The highest BCUT2D eigenvalue weighted by molar-refractivity contribution is 7.86. The van der Waals surface area contributed by atoms with Crippen LogP contribution in [0.15, 0.2) is 0 Å². The molecular weight excluding hydrogens is 192 g/mol. The van der Waals surface area contributed by atoms with Crippen molar-refractivity contribution in [3.63, 3.8) is 0 Å². The fourth-order valence-electron chi connectivity index (χ4n) is 1.51. The summed E-state index contributed by atoms with van der Waals surface area (Å²) in [5.74, 6) is 0. The van der Waals surface area contributed by atoms with Gasteiger partial charge in [0.1, 0.15) is 0 Å². The van der Waals surface area contributed by atoms with E-state index in [1.54, 1.807) is 0 Å². The average Bonchev–Trinajstić information content (AvgIpc) is 1.79. The van der Waals surface area contributed by atoms with Crippen LogP contribution >= 0.6 is 0 Å². The van der Waals surface area contributed by atoms with Gasteiger partial charge in [0.2, 0.25) is 0 Å². The molecule has 4 nitrogen and oxygen atoms in total. The van der Waals surface area contributed by atoms with Crippen molar-refractivity contribution in [3.05, 3.63) is 0 Å². The molecule has 0 bridgehead atoms. The van der Waals surface area contributed by atoms with E-state index in [0.717, 1.165) is 6.26 Å². The van der Waals surface area contributed by atoms with E-state index in [-0.39, 0.29) is 11.7 Å². The quantitative estimate of drug-likeness (QED) is 0.633. The SMILES string of the molecule is CC1(C)CC(OS(C)(=O)=O)CCO1. The fourth-order valence-corrected chi connectivity index (χ4v) is 2.16. The lowest BCUT2D eigenvalue weighted by atomic mass is 9.96. The maximum Gasteiger partial charge on any atom is 0.264 e. The number of rotatable bonds is 2. The monoisotopic (exact) mass is 208 g/mol. The second kappa shape index (κ2) is 3.55. The molecule has 0 radical (unpaired) electrons. The van der Waals surface area contributed by atoms with E-state index < -0.39 is 10.1 Å². The first-order valence-electron chi connectivity index (χ1n) is 4.31. The van der Waals surface area contributed by atoms with E-state index >= 15 is 0 Å². The molecule has 5 heteroatoms. The van der Waals surface area contributed by atoms with E-state index in [1.165, 1.54) is 0 Å². The van der Waals surface area contributed by atoms with E-state index in [4.69, 9.17) is 8.92 Å². The zero-order valence-corrected chi connectivity index (χ0v) is 9.06. The number of ether oxygens (including phenoxy) is 1. The van der Waals surface area contributed by atoms with Gasteiger partial charge in [-0.1, -0.05) is 0 Å². The third kappa shape index (κ3) is 4.06. The molecule has 1 atom stereocenters. The second-order valence-electron chi connectivity index (χ2n) is 4.02. The first kappa shape index (κ1) is 10.9. The molecule has 13 heavy (non-hydrogen) atoms. The standard InChI is InChI=1S/C8H16O4S/c1-8(2)6-7(4-5-11-8)12-13(3,9)10/h7H,4-6H2,1-3H3. The van der Waals surface area contributed by atoms with Gasteiger partial charge in [0.05, 0.1) is 18.0 Å². The van der Waals surface area contributed by atoms with Crippen molar-refractivity contribution in [1.82, 2.24) is 0 Å². The van der Waals surface area contributed by atoms with E-state index in [1.807, 2.05) is 13.8 Å². The zero-order valence-electron chi connectivity index (χ0n) is 8.24. The predicted octanol–water partition coefficient (Wildman–Crippen LogP) is 0.920. The molecule has 0 spiro atoms. The van der Waals surface area contributed by atoms with Crippen molar-refractivity contribution in [2.45, 2.75) is 38.4 Å². The molecule has 78 valence electrons. The van der Waals surface area contributed by atoms with E-state index in [0.29, 0.717) is 19.4 Å². The predicted molar refractivity (Wildman–Crippen MR) is 49.0 cm³/mol. The van der Waals surface area contributed by atoms with E-state index in [9.17, 15) is 8.42 Å². The largest absolute Gasteiger partial charge is 0.375 e. The van der Waals surface area contributed by atoms with Crippen LogP contribution in [0.3, 0.4) is 0 Å². The molecule has 1 unspecified atom stereocenters. The molecule has 1 saturated heterocycles. The van der Waals surface area contributed by atoms with Crippen LogP contribution in [0, 0.1) is 0 Å². The Balaban J connectivity index is 2.53. The van der Waals surface area contributed by atoms with Crippen molar-refractivity contribution in [2.75, 3.05) is 12.9 Å². The Kier molecular flexibility index (Phi) is 2.99. The van der Waals surface area contributed by atoms with Crippen LogP contribution in [-0.2, 0) is 19.0 Å². The van der Waals surface area contributed by atoms with Gasteiger partial charge in [-0.15, -0.1) is 0 Å². The molecule has 1 aliphatic rings. The summed E-state index contributed by atoms with van der Waals surface area (Å²) in [4.78, 5) is 0. The van der Waals surface area contributed by atoms with Crippen molar-refractivity contribution < 1.29 is 17.3 Å². The molecular formula is C8H16O4S. The molecule has 1 rings (SSSR count). The van der Waals surface area contributed by atoms with Crippen molar-refractivity contribution in [2.24, 2.45) is 0 Å². The Morgan fingerprint density at radius 3 is 2.54 bits per heavy atom. The third-order valence-electron chi connectivity index (χ3n) is 1.96. The Bertz CT molecular complexity index is 268. The molecule has 1 aliphatic heterocycles. The van der Waals surface area contributed by atoms with Crippen molar-refractivity contribution >= 4 is 10.1 Å². The number of hydrogen-bond acceptors (Lipinski definition) is 4. The maximum absolute atomic E-state index is 10.8. The minimum Gasteiger partial charge on any atom is -0.375 e. The van der Waals surface area contributed by atoms with Crippen LogP contribution in [0.5, 0.6) is 0 Å². The molecule has 0 aliphatic carbocycles. The van der Waals surface area contributed by atoms with Crippen LogP contribution in [0.4, 0.5) is 0 Å². The molecule has 0 aromatic rings. The Hall–Kier alpha value is -0.130. The molecule has 0 amide bonds. The van der Waals surface area contributed by atoms with Gasteiger partial charge in [-0.05, 0) is 20.3 Å². The van der Waals surface area contributed by atoms with Gasteiger partial charge in [-0.3, -0.25) is 4.18 Å². The lowest BCUT2D eigenvalue weighted by Crippen LogP contribution is -2.38. The maximum atomic E-state index is 10.8. The summed E-state index contributed by atoms with van der Waals surface area (Å²) >= 11 is 0. The lowest BCUT2D eigenvalue weighted by molar-refractivity contribution is -0.0882. The van der Waals surface area contributed by atoms with Crippen molar-refractivity contribution in [3.8, 4) is 0 Å². The van der Waals surface area contributed by atoms with Gasteiger partial charge < -0.3 is 4.74 Å². The van der Waals surface area contributed by atoms with Crippen LogP contribution in [0.2, 0.25) is 0 Å². The summed E-state index contributed by atoms with van der Waals surface area (Å²) in [5, 5.41) is 0. The van der Waals surface area contributed by atoms with Crippen molar-refractivity contribution in [1.29, 1.82) is 0 Å². The van der Waals surface area contributed by atoms with Gasteiger partial charge >= 0.3 is 0 Å². The fraction of sp³-hybridized carbons (Fsp3) is 1.00. The third-order valence-corrected chi connectivity index (χ3v) is 2.58. The van der Waals surface area contributed by atoms with Gasteiger partial charge in [-0.25, -0.2) is 0 Å². The lowest BCUT2D eigenvalue weighted by Gasteiger charge is -2.34. The summed E-state index contributed by atoms with van der Waals surface area (Å²) in [6.07, 6.45) is 2.13. The number of hydrogen-bond donors (Lipinski definition) is 0. The minimum atomic E-state index is -3.33. The zero-order chi connectivity index (χ0) is 10.1. The summed E-state index contributed by atoms with van der Waals surface area (Å²) in [5.41, 5.74) is -0.270. The molecule has 0 aromatic carbocycles. The first-order valence-corrected chi connectivity index (χ1v) is 6.12. The second-order valence-corrected chi connectivity index (χ2v) is 5.62. The van der Waals surface area contributed by atoms with Gasteiger partial charge in [-0.2, -0.15) is 8.42 Å². The normalized spacial score (nSPS) is 28.7. The van der Waals surface area contributed by atoms with Gasteiger partial charge in [0.15, 0.2) is 0 Å². The topological polar surface area (TPSA) is 52.6 Å². The average molecular weight is 208 g/mol. The summed E-state index contributed by atoms with van der Waals surface area (Å²) in [6, 6.07) is 0. The highest BCUT2D eigenvalue weighted by Crippen LogP contribution is 2.26. The van der Waals surface area contributed by atoms with Crippen LogP contribution in [0.1, 0.15) is 26.7 Å². The first-order chi connectivity index (χ1) is 5.79. The molecule has 1 fully saturated rings. The smallest absolute Gasteiger partial charge is 0.264 e. The Morgan fingerprint density at radius 2 is 2.08 bits per heavy atom. The van der Waals surface area contributed by atoms with Crippen LogP contribution in [-0.4, -0.2) is 33.0 Å². The van der Waals surface area contributed by atoms with Crippen LogP contribution in [0.25, 0.3) is 0 Å². The molecule has 1 heterocycles. The molecule has 0 aromatic heterocycles. The molecule has 0 saturated carbocycles. The van der Waals surface area contributed by atoms with Crippen LogP contribution < -0.4 is 0 Å². The Labute approximate surface area is 79.3 Å². The summed E-state index contributed by atoms with van der Waals surface area (Å²) in [6.45, 7) is 4.43. The highest BCUT2D eigenvalue weighted by atomic mass is 32.2. The molecule has 0 N–H and O–H groups in total. The summed E-state index contributed by atoms with van der Waals surface area (Å²) < 4.78 is 32.0. The highest BCUT2D eigenvalue weighted by Gasteiger charge is 2.31. The summed E-state index contributed by atoms with van der Waals surface area (Å²) in [7, 11) is -3.33.